The summed E-state index contributed by atoms with van der Waals surface area (Å²) in [4.78, 5) is 2.47. The van der Waals surface area contributed by atoms with E-state index in [1.54, 1.807) is 0 Å². The van der Waals surface area contributed by atoms with E-state index in [9.17, 15) is 0 Å². The minimum absolute atomic E-state index is 0.706. The smallest absolute Gasteiger partial charge is 0.0377 e. The van der Waals surface area contributed by atoms with Gasteiger partial charge in [0, 0.05) is 29.8 Å². The maximum Gasteiger partial charge on any atom is 0.0377 e. The molecule has 0 aliphatic heterocycles. The van der Waals surface area contributed by atoms with Crippen molar-refractivity contribution < 1.29 is 0 Å². The largest absolute Gasteiger partial charge is 0.372 e. The first-order valence-electron chi connectivity index (χ1n) is 8.33. The molecule has 0 unspecified atom stereocenters. The molecule has 1 aliphatic rings. The molecule has 0 saturated heterocycles. The third kappa shape index (κ3) is 4.72. The molecule has 0 bridgehead atoms. The van der Waals surface area contributed by atoms with Gasteiger partial charge >= 0.3 is 0 Å². The molecule has 0 atom stereocenters. The number of rotatable bonds is 6. The van der Waals surface area contributed by atoms with Crippen LogP contribution in [0.3, 0.4) is 0 Å². The highest BCUT2D eigenvalue weighted by molar-refractivity contribution is 9.10. The highest BCUT2D eigenvalue weighted by Crippen LogP contribution is 2.31. The maximum atomic E-state index is 3.73. The summed E-state index contributed by atoms with van der Waals surface area (Å²) in [6.45, 7) is 6.60. The van der Waals surface area contributed by atoms with Gasteiger partial charge in [0.15, 0.2) is 0 Å². The van der Waals surface area contributed by atoms with Crippen molar-refractivity contribution in [1.29, 1.82) is 0 Å². The van der Waals surface area contributed by atoms with Gasteiger partial charge in [-0.05, 0) is 62.3 Å². The molecule has 1 aromatic rings. The van der Waals surface area contributed by atoms with Crippen LogP contribution in [0.1, 0.15) is 51.5 Å². The van der Waals surface area contributed by atoms with Crippen molar-refractivity contribution in [3.63, 3.8) is 0 Å². The maximum absolute atomic E-state index is 3.73. The Labute approximate surface area is 138 Å². The lowest BCUT2D eigenvalue weighted by Crippen LogP contribution is -2.34. The minimum Gasteiger partial charge on any atom is -0.372 e. The quantitative estimate of drug-likeness (QED) is 0.727. The molecule has 2 nitrogen and oxygen atoms in total. The van der Waals surface area contributed by atoms with Crippen LogP contribution in [0.5, 0.6) is 0 Å². The predicted octanol–water partition coefficient (Wildman–Crippen LogP) is 4.96. The number of hydrogen-bond donors (Lipinski definition) is 1. The average Bonchev–Trinajstić information content (AvgIpc) is 2.49. The monoisotopic (exact) mass is 352 g/mol. The lowest BCUT2D eigenvalue weighted by atomic mass is 9.86. The fourth-order valence-electron chi connectivity index (χ4n) is 3.14. The number of anilines is 1. The van der Waals surface area contributed by atoms with Crippen LogP contribution < -0.4 is 10.2 Å². The van der Waals surface area contributed by atoms with Gasteiger partial charge in [0.1, 0.15) is 0 Å². The van der Waals surface area contributed by atoms with Gasteiger partial charge < -0.3 is 10.2 Å². The summed E-state index contributed by atoms with van der Waals surface area (Å²) in [5.74, 6) is 0.911. The Balaban J connectivity index is 1.98. The zero-order chi connectivity index (χ0) is 15.2. The van der Waals surface area contributed by atoms with Crippen LogP contribution in [-0.4, -0.2) is 19.6 Å². The first-order valence-corrected chi connectivity index (χ1v) is 9.13. The molecule has 0 radical (unpaired) electrons. The predicted molar refractivity (Wildman–Crippen MR) is 96.0 cm³/mol. The Kier molecular flexibility index (Phi) is 6.56. The van der Waals surface area contributed by atoms with E-state index in [4.69, 9.17) is 0 Å². The van der Waals surface area contributed by atoms with Gasteiger partial charge in [-0.3, -0.25) is 0 Å². The van der Waals surface area contributed by atoms with Crippen LogP contribution in [0.4, 0.5) is 5.69 Å². The summed E-state index contributed by atoms with van der Waals surface area (Å²) >= 11 is 3.73. The van der Waals surface area contributed by atoms with Gasteiger partial charge in [-0.15, -0.1) is 0 Å². The molecule has 1 aromatic carbocycles. The Hall–Kier alpha value is -0.540. The van der Waals surface area contributed by atoms with Crippen LogP contribution in [0.2, 0.25) is 0 Å². The normalized spacial score (nSPS) is 22.3. The van der Waals surface area contributed by atoms with Crippen molar-refractivity contribution >= 4 is 21.6 Å². The average molecular weight is 353 g/mol. The first-order chi connectivity index (χ1) is 10.1. The minimum atomic E-state index is 0.706. The van der Waals surface area contributed by atoms with Gasteiger partial charge in [0.05, 0.1) is 0 Å². The zero-order valence-electron chi connectivity index (χ0n) is 13.7. The molecule has 1 aliphatic carbocycles. The fraction of sp³-hybridized carbons (Fsp3) is 0.667. The van der Waals surface area contributed by atoms with Gasteiger partial charge in [-0.1, -0.05) is 35.8 Å². The van der Waals surface area contributed by atoms with Crippen molar-refractivity contribution in [2.75, 3.05) is 18.5 Å². The molecule has 0 aromatic heterocycles. The molecule has 118 valence electrons. The van der Waals surface area contributed by atoms with E-state index in [2.05, 4.69) is 65.2 Å². The van der Waals surface area contributed by atoms with Gasteiger partial charge in [0.2, 0.25) is 0 Å². The summed E-state index contributed by atoms with van der Waals surface area (Å²) in [5.41, 5.74) is 2.68. The summed E-state index contributed by atoms with van der Waals surface area (Å²) in [7, 11) is 2.25. The molecule has 1 N–H and O–H groups in total. The van der Waals surface area contributed by atoms with Crippen molar-refractivity contribution in [2.24, 2.45) is 5.92 Å². The second-order valence-electron chi connectivity index (χ2n) is 6.48. The third-order valence-corrected chi connectivity index (χ3v) is 5.46. The SMILES string of the molecule is CCCNCc1ccc(N(C)C2CCC(C)CC2)cc1Br. The highest BCUT2D eigenvalue weighted by Gasteiger charge is 2.22. The Bertz CT molecular complexity index is 439. The number of hydrogen-bond acceptors (Lipinski definition) is 2. The fourth-order valence-corrected chi connectivity index (χ4v) is 3.65. The molecule has 0 spiro atoms. The zero-order valence-corrected chi connectivity index (χ0v) is 15.2. The number of nitrogens with zero attached hydrogens (tertiary/aromatic N) is 1. The molecule has 21 heavy (non-hydrogen) atoms. The van der Waals surface area contributed by atoms with Crippen molar-refractivity contribution in [2.45, 2.75) is 58.5 Å². The molecule has 0 amide bonds. The summed E-state index contributed by atoms with van der Waals surface area (Å²) in [6, 6.07) is 7.51. The third-order valence-electron chi connectivity index (χ3n) is 4.72. The highest BCUT2D eigenvalue weighted by atomic mass is 79.9. The van der Waals surface area contributed by atoms with Gasteiger partial charge in [0.25, 0.3) is 0 Å². The van der Waals surface area contributed by atoms with E-state index in [0.29, 0.717) is 6.04 Å². The van der Waals surface area contributed by atoms with Gasteiger partial charge in [-0.2, -0.15) is 0 Å². The molecule has 2 rings (SSSR count). The summed E-state index contributed by atoms with van der Waals surface area (Å²) in [5, 5.41) is 3.47. The van der Waals surface area contributed by atoms with Gasteiger partial charge in [-0.25, -0.2) is 0 Å². The number of benzene rings is 1. The summed E-state index contributed by atoms with van der Waals surface area (Å²) < 4.78 is 1.22. The molecule has 3 heteroatoms. The summed E-state index contributed by atoms with van der Waals surface area (Å²) in [6.07, 6.45) is 6.58. The van der Waals surface area contributed by atoms with Crippen LogP contribution >= 0.6 is 15.9 Å². The molecule has 1 fully saturated rings. The van der Waals surface area contributed by atoms with Crippen LogP contribution in [0.15, 0.2) is 22.7 Å². The van der Waals surface area contributed by atoms with Crippen molar-refractivity contribution in [3.05, 3.63) is 28.2 Å². The van der Waals surface area contributed by atoms with E-state index in [-0.39, 0.29) is 0 Å². The van der Waals surface area contributed by atoms with Crippen LogP contribution in [0, 0.1) is 5.92 Å². The Morgan fingerprint density at radius 2 is 1.95 bits per heavy atom. The molecule has 0 heterocycles. The van der Waals surface area contributed by atoms with E-state index < -0.39 is 0 Å². The topological polar surface area (TPSA) is 15.3 Å². The Morgan fingerprint density at radius 3 is 2.57 bits per heavy atom. The number of nitrogens with one attached hydrogen (secondary N) is 1. The van der Waals surface area contributed by atoms with E-state index in [0.717, 1.165) is 19.0 Å². The van der Waals surface area contributed by atoms with E-state index >= 15 is 0 Å². The Morgan fingerprint density at radius 1 is 1.24 bits per heavy atom. The number of halogens is 1. The van der Waals surface area contributed by atoms with E-state index in [1.165, 1.54) is 47.8 Å². The lowest BCUT2D eigenvalue weighted by Gasteiger charge is -2.35. The molecular formula is C18H29BrN2. The van der Waals surface area contributed by atoms with Crippen molar-refractivity contribution in [3.8, 4) is 0 Å². The molecular weight excluding hydrogens is 324 g/mol. The van der Waals surface area contributed by atoms with Crippen molar-refractivity contribution in [1.82, 2.24) is 5.32 Å². The van der Waals surface area contributed by atoms with E-state index in [1.807, 2.05) is 0 Å². The first kappa shape index (κ1) is 16.8. The second kappa shape index (κ2) is 8.19. The standard InChI is InChI=1S/C18H29BrN2/c1-4-11-20-13-15-7-10-17(12-18(15)19)21(3)16-8-5-14(2)6-9-16/h7,10,12,14,16,20H,4-6,8-9,11,13H2,1-3H3. The van der Waals surface area contributed by atoms with Crippen LogP contribution in [0.25, 0.3) is 0 Å². The lowest BCUT2D eigenvalue weighted by molar-refractivity contribution is 0.341. The second-order valence-corrected chi connectivity index (χ2v) is 7.33. The van der Waals surface area contributed by atoms with Crippen LogP contribution in [-0.2, 0) is 6.54 Å². The molecule has 1 saturated carbocycles.